The van der Waals surface area contributed by atoms with Gasteiger partial charge >= 0.3 is 12.2 Å². The van der Waals surface area contributed by atoms with E-state index in [9.17, 15) is 14.8 Å². The second-order valence-electron chi connectivity index (χ2n) is 4.23. The third kappa shape index (κ3) is 3.99. The number of carbonyl (C=O) groups excluding carboxylic acids is 1. The van der Waals surface area contributed by atoms with Gasteiger partial charge in [-0.25, -0.2) is 15.1 Å². The van der Waals surface area contributed by atoms with Crippen LogP contribution in [-0.2, 0) is 9.68 Å². The van der Waals surface area contributed by atoms with Crippen LogP contribution in [0, 0.1) is 5.21 Å². The maximum atomic E-state index is 11.4. The van der Waals surface area contributed by atoms with Gasteiger partial charge in [-0.1, -0.05) is 0 Å². The van der Waals surface area contributed by atoms with Crippen LogP contribution in [0.15, 0.2) is 11.6 Å². The van der Waals surface area contributed by atoms with Crippen LogP contribution in [0.5, 0.6) is 0 Å². The molecule has 18 heavy (non-hydrogen) atoms. The van der Waals surface area contributed by atoms with Gasteiger partial charge in [0.2, 0.25) is 0 Å². The zero-order chi connectivity index (χ0) is 13.9. The summed E-state index contributed by atoms with van der Waals surface area (Å²) < 4.78 is 4.89. The molecule has 0 aromatic carbocycles. The van der Waals surface area contributed by atoms with Crippen molar-refractivity contribution in [2.75, 3.05) is 0 Å². The minimum Gasteiger partial charge on any atom is -0.730 e. The van der Waals surface area contributed by atoms with Crippen LogP contribution in [0.25, 0.3) is 0 Å². The summed E-state index contributed by atoms with van der Waals surface area (Å²) in [7, 11) is 0. The van der Waals surface area contributed by atoms with Crippen LogP contribution in [0.2, 0.25) is 0 Å². The first-order chi connectivity index (χ1) is 8.19. The standard InChI is InChI=1S/C8H13N4O6/c1-8(2,3)17-7(15)10-5-4(9-6(13)14)11-18-12(5)16/h9,11H,1-3H3,(H,10,15)(H,13,14)/q-1. The predicted octanol–water partition coefficient (Wildman–Crippen LogP) is 0.155. The van der Waals surface area contributed by atoms with Crippen molar-refractivity contribution in [3.8, 4) is 0 Å². The molecule has 0 unspecified atom stereocenters. The highest BCUT2D eigenvalue weighted by molar-refractivity contribution is 5.71. The molecule has 10 nitrogen and oxygen atoms in total. The first kappa shape index (κ1) is 13.9. The van der Waals surface area contributed by atoms with Gasteiger partial charge in [0.15, 0.2) is 11.6 Å². The molecule has 10 heteroatoms. The summed E-state index contributed by atoms with van der Waals surface area (Å²) >= 11 is 0. The third-order valence-electron chi connectivity index (χ3n) is 1.50. The molecule has 0 saturated carbocycles. The van der Waals surface area contributed by atoms with Gasteiger partial charge in [0.05, 0.1) is 0 Å². The molecule has 1 aliphatic heterocycles. The molecule has 0 fully saturated rings. The van der Waals surface area contributed by atoms with Crippen LogP contribution in [-0.4, -0.2) is 28.1 Å². The van der Waals surface area contributed by atoms with Gasteiger partial charge in [-0.05, 0) is 20.8 Å². The Morgan fingerprint density at radius 1 is 1.44 bits per heavy atom. The lowest BCUT2D eigenvalue weighted by Gasteiger charge is -2.25. The van der Waals surface area contributed by atoms with Crippen molar-refractivity contribution in [2.24, 2.45) is 0 Å². The topological polar surface area (TPSA) is 135 Å². The number of hydroxylamine groups is 3. The number of rotatable bonds is 2. The molecule has 0 spiro atoms. The zero-order valence-corrected chi connectivity index (χ0v) is 9.94. The van der Waals surface area contributed by atoms with E-state index in [1.54, 1.807) is 20.8 Å². The fourth-order valence-electron chi connectivity index (χ4n) is 0.972. The molecule has 2 amide bonds. The number of amides is 2. The highest BCUT2D eigenvalue weighted by Gasteiger charge is 2.24. The molecule has 1 rings (SSSR count). The van der Waals surface area contributed by atoms with E-state index in [1.165, 1.54) is 0 Å². The van der Waals surface area contributed by atoms with E-state index in [2.05, 4.69) is 10.3 Å². The molecule has 4 N–H and O–H groups in total. The van der Waals surface area contributed by atoms with Crippen LogP contribution < -0.4 is 16.1 Å². The van der Waals surface area contributed by atoms with Crippen molar-refractivity contribution in [3.05, 3.63) is 16.8 Å². The Bertz CT molecular complexity index is 388. The quantitative estimate of drug-likeness (QED) is 0.551. The monoisotopic (exact) mass is 261 g/mol. The Balaban J connectivity index is 2.72. The lowest BCUT2D eigenvalue weighted by Crippen LogP contribution is -2.36. The maximum Gasteiger partial charge on any atom is 0.413 e. The number of alkyl carbamates (subject to hydrolysis) is 1. The van der Waals surface area contributed by atoms with Crippen molar-refractivity contribution < 1.29 is 24.4 Å². The second kappa shape index (κ2) is 4.98. The molecule has 1 heterocycles. The summed E-state index contributed by atoms with van der Waals surface area (Å²) in [5.74, 6) is -0.769. The molecule has 0 aromatic heterocycles. The van der Waals surface area contributed by atoms with Gasteiger partial charge in [0.1, 0.15) is 5.60 Å². The number of nitrogens with zero attached hydrogens (tertiary/aromatic N) is 1. The minimum atomic E-state index is -1.43. The molecule has 0 saturated heterocycles. The van der Waals surface area contributed by atoms with Gasteiger partial charge in [0.25, 0.3) is 0 Å². The van der Waals surface area contributed by atoms with Crippen molar-refractivity contribution in [2.45, 2.75) is 26.4 Å². The summed E-state index contributed by atoms with van der Waals surface area (Å²) in [6.45, 7) is 4.90. The molecule has 0 bridgehead atoms. The van der Waals surface area contributed by atoms with Gasteiger partial charge < -0.3 is 15.1 Å². The Labute approximate surface area is 102 Å². The summed E-state index contributed by atoms with van der Waals surface area (Å²) in [6, 6.07) is 0. The molecule has 0 aromatic rings. The molecule has 0 radical (unpaired) electrons. The fraction of sp³-hybridized carbons (Fsp3) is 0.500. The highest BCUT2D eigenvalue weighted by atomic mass is 17.0. The first-order valence-corrected chi connectivity index (χ1v) is 4.83. The first-order valence-electron chi connectivity index (χ1n) is 4.83. The normalized spacial score (nSPS) is 15.2. The Hall–Kier alpha value is -2.20. The van der Waals surface area contributed by atoms with E-state index in [0.717, 1.165) is 0 Å². The smallest absolute Gasteiger partial charge is 0.413 e. The lowest BCUT2D eigenvalue weighted by atomic mass is 10.2. The van der Waals surface area contributed by atoms with Gasteiger partial charge in [-0.2, -0.15) is 4.94 Å². The van der Waals surface area contributed by atoms with E-state index < -0.39 is 23.6 Å². The molecule has 1 aliphatic rings. The summed E-state index contributed by atoms with van der Waals surface area (Å²) in [4.78, 5) is 26.1. The second-order valence-corrected chi connectivity index (χ2v) is 4.23. The van der Waals surface area contributed by atoms with Crippen LogP contribution >= 0.6 is 0 Å². The largest absolute Gasteiger partial charge is 0.730 e. The van der Waals surface area contributed by atoms with Crippen molar-refractivity contribution in [3.63, 3.8) is 0 Å². The SMILES string of the molecule is CC(C)(C)OC(=O)NC1=C(NC(=O)O)NON1[O-]. The Morgan fingerprint density at radius 2 is 2.06 bits per heavy atom. The van der Waals surface area contributed by atoms with Crippen molar-refractivity contribution in [1.29, 1.82) is 0 Å². The van der Waals surface area contributed by atoms with E-state index in [1.807, 2.05) is 10.8 Å². The van der Waals surface area contributed by atoms with Gasteiger partial charge in [-0.15, -0.1) is 0 Å². The van der Waals surface area contributed by atoms with E-state index >= 15 is 0 Å². The predicted molar refractivity (Wildman–Crippen MR) is 57.0 cm³/mol. The molecule has 102 valence electrons. The Kier molecular flexibility index (Phi) is 3.83. The van der Waals surface area contributed by atoms with Crippen molar-refractivity contribution >= 4 is 12.2 Å². The highest BCUT2D eigenvalue weighted by Crippen LogP contribution is 2.12. The van der Waals surface area contributed by atoms with E-state index in [-0.39, 0.29) is 11.0 Å². The van der Waals surface area contributed by atoms with E-state index in [4.69, 9.17) is 9.84 Å². The van der Waals surface area contributed by atoms with Crippen LogP contribution in [0.1, 0.15) is 20.8 Å². The number of ether oxygens (including phenoxy) is 1. The van der Waals surface area contributed by atoms with Gasteiger partial charge in [0, 0.05) is 0 Å². The summed E-state index contributed by atoms with van der Waals surface area (Å²) in [5, 5.41) is 23.4. The number of nitrogens with one attached hydrogen (secondary N) is 3. The molecule has 0 atom stereocenters. The number of hydrogen-bond donors (Lipinski definition) is 4. The van der Waals surface area contributed by atoms with Crippen LogP contribution in [0.3, 0.4) is 0 Å². The Morgan fingerprint density at radius 3 is 2.56 bits per heavy atom. The van der Waals surface area contributed by atoms with E-state index in [0.29, 0.717) is 0 Å². The maximum absolute atomic E-state index is 11.4. The average Bonchev–Trinajstić information content (AvgIpc) is 2.46. The third-order valence-corrected chi connectivity index (χ3v) is 1.50. The number of carboxylic acid groups (broad SMARTS) is 1. The van der Waals surface area contributed by atoms with Gasteiger partial charge in [-0.3, -0.25) is 15.9 Å². The fourth-order valence-corrected chi connectivity index (χ4v) is 0.972. The number of hydrogen-bond acceptors (Lipinski definition) is 7. The lowest BCUT2D eigenvalue weighted by molar-refractivity contribution is -0.120. The summed E-state index contributed by atoms with van der Waals surface area (Å²) in [5.41, 5.74) is 1.23. The summed E-state index contributed by atoms with van der Waals surface area (Å²) in [6.07, 6.45) is -2.35. The number of carbonyl (C=O) groups is 2. The molecular weight excluding hydrogens is 248 g/mol. The minimum absolute atomic E-state index is 0.102. The van der Waals surface area contributed by atoms with Crippen LogP contribution in [0.4, 0.5) is 9.59 Å². The molecule has 0 aliphatic carbocycles. The average molecular weight is 261 g/mol. The van der Waals surface area contributed by atoms with Crippen molar-refractivity contribution in [1.82, 2.24) is 21.3 Å². The molecular formula is C8H13N4O6-. The zero-order valence-electron chi connectivity index (χ0n) is 9.94.